The van der Waals surface area contributed by atoms with Gasteiger partial charge >= 0.3 is 0 Å². The number of hydrogen-bond donors (Lipinski definition) is 2. The first-order chi connectivity index (χ1) is 13.7. The van der Waals surface area contributed by atoms with Gasteiger partial charge in [-0.15, -0.1) is 0 Å². The van der Waals surface area contributed by atoms with Crippen molar-refractivity contribution in [1.29, 1.82) is 0 Å². The average Bonchev–Trinajstić information content (AvgIpc) is 3.30. The van der Waals surface area contributed by atoms with Gasteiger partial charge in [-0.1, -0.05) is 36.8 Å². The molecule has 2 aromatic rings. The minimum Gasteiger partial charge on any atom is -0.377 e. The highest BCUT2D eigenvalue weighted by Crippen LogP contribution is 2.62. The van der Waals surface area contributed by atoms with E-state index in [1.54, 1.807) is 0 Å². The third kappa shape index (κ3) is 2.73. The van der Waals surface area contributed by atoms with E-state index in [1.807, 2.05) is 31.4 Å². The number of hydrogen-bond acceptors (Lipinski definition) is 3. The van der Waals surface area contributed by atoms with E-state index in [2.05, 4.69) is 44.4 Å². The monoisotopic (exact) mass is 379 g/mol. The Morgan fingerprint density at radius 1 is 1.36 bits per heavy atom. The standard InChI is InChI=1S/C22H29N5O/c1-23-21(26-19-16-9-12-28-20(16)22(19)10-6-11-22)27(2)14-18-24-13-17(25-18)15-7-4-3-5-8-15/h3-5,7-8,13,16,19-20H,6,9-12,14H2,1-2H3,(H,23,26)(H,24,25). The maximum atomic E-state index is 6.05. The molecule has 0 bridgehead atoms. The molecule has 0 radical (unpaired) electrons. The molecular formula is C22H29N5O. The molecule has 1 saturated heterocycles. The zero-order chi connectivity index (χ0) is 19.1. The summed E-state index contributed by atoms with van der Waals surface area (Å²) in [6, 6.07) is 10.8. The van der Waals surface area contributed by atoms with Gasteiger partial charge in [-0.2, -0.15) is 0 Å². The average molecular weight is 380 g/mol. The van der Waals surface area contributed by atoms with Gasteiger partial charge in [0, 0.05) is 38.1 Å². The SMILES string of the molecule is CN=C(NC1C2CCOC2C12CCC2)N(C)Cc1ncc(-c2ccccc2)[nH]1. The largest absolute Gasteiger partial charge is 0.377 e. The van der Waals surface area contributed by atoms with E-state index < -0.39 is 0 Å². The summed E-state index contributed by atoms with van der Waals surface area (Å²) in [6.45, 7) is 1.61. The predicted octanol–water partition coefficient (Wildman–Crippen LogP) is 3.04. The number of rotatable bonds is 4. The van der Waals surface area contributed by atoms with Gasteiger partial charge in [0.2, 0.25) is 0 Å². The van der Waals surface area contributed by atoms with E-state index in [4.69, 9.17) is 4.74 Å². The summed E-state index contributed by atoms with van der Waals surface area (Å²) in [5.41, 5.74) is 2.55. The second-order valence-electron chi connectivity index (χ2n) is 8.47. The summed E-state index contributed by atoms with van der Waals surface area (Å²) in [6.07, 6.45) is 7.44. The lowest BCUT2D eigenvalue weighted by Crippen LogP contribution is -2.72. The molecular weight excluding hydrogens is 350 g/mol. The first kappa shape index (κ1) is 17.7. The molecule has 6 heteroatoms. The third-order valence-corrected chi connectivity index (χ3v) is 6.99. The number of ether oxygens (including phenoxy) is 1. The van der Waals surface area contributed by atoms with Crippen molar-refractivity contribution in [2.45, 2.75) is 44.4 Å². The molecule has 1 aromatic carbocycles. The van der Waals surface area contributed by atoms with E-state index >= 15 is 0 Å². The summed E-state index contributed by atoms with van der Waals surface area (Å²) in [5.74, 6) is 2.52. The summed E-state index contributed by atoms with van der Waals surface area (Å²) in [4.78, 5) is 14.7. The molecule has 2 N–H and O–H groups in total. The molecule has 148 valence electrons. The van der Waals surface area contributed by atoms with E-state index in [1.165, 1.54) is 25.7 Å². The van der Waals surface area contributed by atoms with Crippen molar-refractivity contribution in [3.05, 3.63) is 42.4 Å². The lowest BCUT2D eigenvalue weighted by atomic mass is 9.46. The molecule has 2 saturated carbocycles. The van der Waals surface area contributed by atoms with Crippen LogP contribution in [0.25, 0.3) is 11.3 Å². The Morgan fingerprint density at radius 2 is 2.18 bits per heavy atom. The van der Waals surface area contributed by atoms with Crippen LogP contribution in [0.1, 0.15) is 31.5 Å². The fourth-order valence-corrected chi connectivity index (χ4v) is 5.45. The van der Waals surface area contributed by atoms with Gasteiger partial charge in [-0.25, -0.2) is 4.98 Å². The fourth-order valence-electron chi connectivity index (χ4n) is 5.45. The van der Waals surface area contributed by atoms with Crippen molar-refractivity contribution in [2.75, 3.05) is 20.7 Å². The van der Waals surface area contributed by atoms with Crippen LogP contribution in [0, 0.1) is 11.3 Å². The van der Waals surface area contributed by atoms with Crippen LogP contribution in [0.5, 0.6) is 0 Å². The van der Waals surface area contributed by atoms with Gasteiger partial charge in [0.05, 0.1) is 24.5 Å². The lowest BCUT2D eigenvalue weighted by Gasteiger charge is -2.63. The number of aliphatic imine (C=N–C) groups is 1. The molecule has 0 amide bonds. The molecule has 28 heavy (non-hydrogen) atoms. The Hall–Kier alpha value is -2.34. The maximum Gasteiger partial charge on any atom is 0.194 e. The highest BCUT2D eigenvalue weighted by atomic mass is 16.5. The molecule has 1 aliphatic heterocycles. The highest BCUT2D eigenvalue weighted by molar-refractivity contribution is 5.80. The van der Waals surface area contributed by atoms with Crippen molar-refractivity contribution in [3.63, 3.8) is 0 Å². The van der Waals surface area contributed by atoms with Crippen LogP contribution in [-0.2, 0) is 11.3 Å². The first-order valence-electron chi connectivity index (χ1n) is 10.4. The molecule has 2 aliphatic carbocycles. The van der Waals surface area contributed by atoms with Gasteiger partial charge in [-0.05, 0) is 24.8 Å². The number of guanidine groups is 1. The predicted molar refractivity (Wildman–Crippen MR) is 110 cm³/mol. The molecule has 3 fully saturated rings. The van der Waals surface area contributed by atoms with Crippen LogP contribution in [0.2, 0.25) is 0 Å². The van der Waals surface area contributed by atoms with Crippen molar-refractivity contribution < 1.29 is 4.74 Å². The van der Waals surface area contributed by atoms with E-state index in [0.717, 1.165) is 29.6 Å². The first-order valence-corrected chi connectivity index (χ1v) is 10.4. The molecule has 3 unspecified atom stereocenters. The summed E-state index contributed by atoms with van der Waals surface area (Å²) in [7, 11) is 3.94. The highest BCUT2D eigenvalue weighted by Gasteiger charge is 2.66. The molecule has 1 aromatic heterocycles. The summed E-state index contributed by atoms with van der Waals surface area (Å²) in [5, 5.41) is 3.78. The van der Waals surface area contributed by atoms with Crippen LogP contribution in [-0.4, -0.2) is 53.7 Å². The second-order valence-corrected chi connectivity index (χ2v) is 8.47. The van der Waals surface area contributed by atoms with E-state index in [0.29, 0.717) is 30.0 Å². The molecule has 6 nitrogen and oxygen atoms in total. The van der Waals surface area contributed by atoms with Crippen LogP contribution < -0.4 is 5.32 Å². The van der Waals surface area contributed by atoms with Crippen LogP contribution in [0.3, 0.4) is 0 Å². The maximum absolute atomic E-state index is 6.05. The van der Waals surface area contributed by atoms with Gasteiger partial charge in [0.1, 0.15) is 5.82 Å². The summed E-state index contributed by atoms with van der Waals surface area (Å²) < 4.78 is 6.05. The number of aromatic amines is 1. The third-order valence-electron chi connectivity index (χ3n) is 6.99. The van der Waals surface area contributed by atoms with Crippen LogP contribution >= 0.6 is 0 Å². The quantitative estimate of drug-likeness (QED) is 0.633. The number of imidazole rings is 1. The Labute approximate surface area is 166 Å². The van der Waals surface area contributed by atoms with Gasteiger partial charge in [-0.3, -0.25) is 4.99 Å². The minimum atomic E-state index is 0.350. The minimum absolute atomic E-state index is 0.350. The molecule has 3 aliphatic rings. The van der Waals surface area contributed by atoms with Gasteiger partial charge < -0.3 is 19.9 Å². The fraction of sp³-hybridized carbons (Fsp3) is 0.545. The smallest absolute Gasteiger partial charge is 0.194 e. The van der Waals surface area contributed by atoms with Crippen molar-refractivity contribution >= 4 is 5.96 Å². The Bertz CT molecular complexity index is 857. The van der Waals surface area contributed by atoms with Crippen LogP contribution in [0.4, 0.5) is 0 Å². The van der Waals surface area contributed by atoms with Crippen LogP contribution in [0.15, 0.2) is 41.5 Å². The molecule has 3 atom stereocenters. The number of H-pyrrole nitrogens is 1. The van der Waals surface area contributed by atoms with E-state index in [-0.39, 0.29) is 0 Å². The Morgan fingerprint density at radius 3 is 2.89 bits per heavy atom. The van der Waals surface area contributed by atoms with Gasteiger partial charge in [0.25, 0.3) is 0 Å². The number of fused-ring (bicyclic) bond motifs is 2. The Kier molecular flexibility index (Phi) is 4.38. The van der Waals surface area contributed by atoms with Crippen molar-refractivity contribution in [2.24, 2.45) is 16.3 Å². The number of aromatic nitrogens is 2. The van der Waals surface area contributed by atoms with Crippen molar-refractivity contribution in [1.82, 2.24) is 20.2 Å². The normalized spacial score (nSPS) is 27.8. The van der Waals surface area contributed by atoms with E-state index in [9.17, 15) is 0 Å². The zero-order valence-electron chi connectivity index (χ0n) is 16.7. The number of nitrogens with zero attached hydrogens (tertiary/aromatic N) is 3. The zero-order valence-corrected chi connectivity index (χ0v) is 16.7. The molecule has 1 spiro atoms. The topological polar surface area (TPSA) is 65.5 Å². The number of benzene rings is 1. The second kappa shape index (κ2) is 6.92. The number of nitrogens with one attached hydrogen (secondary N) is 2. The lowest BCUT2D eigenvalue weighted by molar-refractivity contribution is -0.171. The molecule has 5 rings (SSSR count). The van der Waals surface area contributed by atoms with Crippen molar-refractivity contribution in [3.8, 4) is 11.3 Å². The molecule has 2 heterocycles. The van der Waals surface area contributed by atoms with Gasteiger partial charge in [0.15, 0.2) is 5.96 Å². The summed E-state index contributed by atoms with van der Waals surface area (Å²) >= 11 is 0. The Balaban J connectivity index is 1.26.